The molecule has 162 valence electrons. The fourth-order valence-electron chi connectivity index (χ4n) is 3.49. The Labute approximate surface area is 177 Å². The summed E-state index contributed by atoms with van der Waals surface area (Å²) in [6, 6.07) is 7.70. The van der Waals surface area contributed by atoms with Gasteiger partial charge >= 0.3 is 0 Å². The van der Waals surface area contributed by atoms with Crippen LogP contribution >= 0.6 is 11.8 Å². The first-order valence-corrected chi connectivity index (χ1v) is 12.9. The maximum atomic E-state index is 12.4. The fourth-order valence-corrected chi connectivity index (χ4v) is 5.10. The number of sulfonamides is 1. The zero-order valence-electron chi connectivity index (χ0n) is 16.9. The van der Waals surface area contributed by atoms with Gasteiger partial charge in [0, 0.05) is 51.6 Å². The van der Waals surface area contributed by atoms with Crippen molar-refractivity contribution in [2.75, 3.05) is 87.0 Å². The fraction of sp³-hybridized carbons (Fsp3) is 0.632. The van der Waals surface area contributed by atoms with Crippen LogP contribution in [0.2, 0.25) is 0 Å². The van der Waals surface area contributed by atoms with Crippen molar-refractivity contribution in [2.45, 2.75) is 0 Å². The minimum absolute atomic E-state index is 0.0146. The molecule has 0 bridgehead atoms. The van der Waals surface area contributed by atoms with Gasteiger partial charge in [-0.3, -0.25) is 9.69 Å². The number of carbonyl (C=O) groups excluding carboxylic acids is 1. The molecular weight excluding hydrogens is 412 g/mol. The molecule has 2 fully saturated rings. The van der Waals surface area contributed by atoms with E-state index in [2.05, 4.69) is 15.1 Å². The first-order chi connectivity index (χ1) is 13.9. The molecule has 0 unspecified atom stereocenters. The number of para-hydroxylation sites is 2. The second kappa shape index (κ2) is 10.6. The highest BCUT2D eigenvalue weighted by molar-refractivity contribution is 7.99. The second-order valence-corrected chi connectivity index (χ2v) is 10.3. The highest BCUT2D eigenvalue weighted by atomic mass is 32.2. The molecule has 3 rings (SSSR count). The molecule has 8 nitrogen and oxygen atoms in total. The van der Waals surface area contributed by atoms with Gasteiger partial charge in [-0.05, 0) is 12.1 Å². The number of amides is 1. The number of morpholine rings is 1. The first-order valence-electron chi connectivity index (χ1n) is 9.90. The van der Waals surface area contributed by atoms with Gasteiger partial charge in [0.1, 0.15) is 0 Å². The van der Waals surface area contributed by atoms with Crippen LogP contribution in [0, 0.1) is 0 Å². The summed E-state index contributed by atoms with van der Waals surface area (Å²) in [7, 11) is -3.16. The van der Waals surface area contributed by atoms with Crippen molar-refractivity contribution in [3.05, 3.63) is 24.3 Å². The third-order valence-corrected chi connectivity index (χ3v) is 7.36. The molecule has 1 aromatic rings. The Kier molecular flexibility index (Phi) is 8.19. The van der Waals surface area contributed by atoms with E-state index in [1.54, 1.807) is 11.8 Å². The molecular formula is C19H30N4O4S2. The number of piperazine rings is 1. The highest BCUT2D eigenvalue weighted by Crippen LogP contribution is 2.27. The molecule has 1 N–H and O–H groups in total. The van der Waals surface area contributed by atoms with Gasteiger partial charge in [-0.2, -0.15) is 16.1 Å². The van der Waals surface area contributed by atoms with Crippen LogP contribution in [0.3, 0.4) is 0 Å². The van der Waals surface area contributed by atoms with Crippen LogP contribution < -0.4 is 10.2 Å². The summed E-state index contributed by atoms with van der Waals surface area (Å²) >= 11 is 1.64. The van der Waals surface area contributed by atoms with Crippen LogP contribution in [0.15, 0.2) is 24.3 Å². The molecule has 10 heteroatoms. The highest BCUT2D eigenvalue weighted by Gasteiger charge is 2.24. The smallest absolute Gasteiger partial charge is 0.234 e. The number of nitrogens with zero attached hydrogens (tertiary/aromatic N) is 3. The van der Waals surface area contributed by atoms with Gasteiger partial charge in [-0.1, -0.05) is 12.1 Å². The first kappa shape index (κ1) is 22.4. The molecule has 2 aliphatic heterocycles. The molecule has 0 saturated carbocycles. The lowest BCUT2D eigenvalue weighted by atomic mass is 10.2. The molecule has 2 aliphatic rings. The Bertz CT molecular complexity index is 776. The summed E-state index contributed by atoms with van der Waals surface area (Å²) in [5, 5.41) is 3.02. The van der Waals surface area contributed by atoms with Gasteiger partial charge in [-0.25, -0.2) is 8.42 Å². The van der Waals surface area contributed by atoms with E-state index in [1.165, 1.54) is 10.6 Å². The van der Waals surface area contributed by atoms with Gasteiger partial charge in [0.2, 0.25) is 15.9 Å². The average molecular weight is 443 g/mol. The van der Waals surface area contributed by atoms with E-state index in [9.17, 15) is 13.2 Å². The van der Waals surface area contributed by atoms with Gasteiger partial charge in [0.15, 0.2) is 0 Å². The number of ether oxygens (including phenoxy) is 1. The Morgan fingerprint density at radius 3 is 2.48 bits per heavy atom. The third-order valence-electron chi connectivity index (χ3n) is 5.12. The van der Waals surface area contributed by atoms with E-state index in [0.29, 0.717) is 31.9 Å². The molecule has 0 spiro atoms. The average Bonchev–Trinajstić information content (AvgIpc) is 2.72. The van der Waals surface area contributed by atoms with E-state index in [-0.39, 0.29) is 5.91 Å². The number of carbonyl (C=O) groups is 1. The summed E-state index contributed by atoms with van der Waals surface area (Å²) in [4.78, 5) is 16.9. The molecule has 0 radical (unpaired) electrons. The second-order valence-electron chi connectivity index (χ2n) is 7.22. The number of hydrogen-bond donors (Lipinski definition) is 1. The van der Waals surface area contributed by atoms with Crippen molar-refractivity contribution < 1.29 is 17.9 Å². The molecule has 29 heavy (non-hydrogen) atoms. The Balaban J connectivity index is 1.47. The van der Waals surface area contributed by atoms with Crippen molar-refractivity contribution in [3.63, 3.8) is 0 Å². The summed E-state index contributed by atoms with van der Waals surface area (Å²) in [6.45, 7) is 6.61. The largest absolute Gasteiger partial charge is 0.379 e. The standard InChI is InChI=1S/C19H30N4O4S2/c1-29(25,26)23-8-6-22(7-9-23)18-5-3-2-4-17(18)20-19(24)16-28-15-12-21-10-13-27-14-11-21/h2-5H,6-16H2,1H3,(H,20,24). The summed E-state index contributed by atoms with van der Waals surface area (Å²) in [6.07, 6.45) is 1.24. The zero-order chi connectivity index (χ0) is 20.7. The third kappa shape index (κ3) is 6.85. The minimum Gasteiger partial charge on any atom is -0.379 e. The van der Waals surface area contributed by atoms with Crippen molar-refractivity contribution in [3.8, 4) is 0 Å². The van der Waals surface area contributed by atoms with Gasteiger partial charge in [0.05, 0.1) is 36.6 Å². The van der Waals surface area contributed by atoms with Crippen molar-refractivity contribution in [1.82, 2.24) is 9.21 Å². The molecule has 0 aromatic heterocycles. The van der Waals surface area contributed by atoms with Crippen molar-refractivity contribution >= 4 is 39.1 Å². The number of benzene rings is 1. The quantitative estimate of drug-likeness (QED) is 0.596. The molecule has 0 aliphatic carbocycles. The predicted molar refractivity (Wildman–Crippen MR) is 118 cm³/mol. The van der Waals surface area contributed by atoms with E-state index in [1.807, 2.05) is 24.3 Å². The monoisotopic (exact) mass is 442 g/mol. The zero-order valence-corrected chi connectivity index (χ0v) is 18.5. The summed E-state index contributed by atoms with van der Waals surface area (Å²) < 4.78 is 30.3. The topological polar surface area (TPSA) is 82.2 Å². The number of anilines is 2. The molecule has 2 heterocycles. The maximum Gasteiger partial charge on any atom is 0.234 e. The summed E-state index contributed by atoms with van der Waals surface area (Å²) in [5.41, 5.74) is 1.71. The molecule has 0 atom stereocenters. The molecule has 1 aromatic carbocycles. The van der Waals surface area contributed by atoms with Gasteiger partial charge in [0.25, 0.3) is 0 Å². The van der Waals surface area contributed by atoms with Gasteiger partial charge in [-0.15, -0.1) is 0 Å². The number of hydrogen-bond acceptors (Lipinski definition) is 7. The minimum atomic E-state index is -3.16. The van der Waals surface area contributed by atoms with E-state index in [4.69, 9.17) is 4.74 Å². The van der Waals surface area contributed by atoms with E-state index in [0.717, 1.165) is 50.0 Å². The predicted octanol–water partition coefficient (Wildman–Crippen LogP) is 0.772. The maximum absolute atomic E-state index is 12.4. The van der Waals surface area contributed by atoms with E-state index < -0.39 is 10.0 Å². The number of thioether (sulfide) groups is 1. The van der Waals surface area contributed by atoms with Crippen molar-refractivity contribution in [1.29, 1.82) is 0 Å². The van der Waals surface area contributed by atoms with Crippen LogP contribution in [0.5, 0.6) is 0 Å². The van der Waals surface area contributed by atoms with Crippen LogP contribution in [-0.4, -0.2) is 100 Å². The van der Waals surface area contributed by atoms with Crippen LogP contribution in [-0.2, 0) is 19.6 Å². The lowest BCUT2D eigenvalue weighted by Gasteiger charge is -2.35. The number of nitrogens with one attached hydrogen (secondary N) is 1. The van der Waals surface area contributed by atoms with Crippen LogP contribution in [0.1, 0.15) is 0 Å². The van der Waals surface area contributed by atoms with E-state index >= 15 is 0 Å². The van der Waals surface area contributed by atoms with Crippen LogP contribution in [0.4, 0.5) is 11.4 Å². The van der Waals surface area contributed by atoms with Crippen LogP contribution in [0.25, 0.3) is 0 Å². The Hall–Kier alpha value is -1.33. The van der Waals surface area contributed by atoms with Crippen molar-refractivity contribution in [2.24, 2.45) is 0 Å². The molecule has 1 amide bonds. The Morgan fingerprint density at radius 1 is 1.10 bits per heavy atom. The SMILES string of the molecule is CS(=O)(=O)N1CCN(c2ccccc2NC(=O)CSCCN2CCOCC2)CC1. The molecule has 2 saturated heterocycles. The lowest BCUT2D eigenvalue weighted by molar-refractivity contribution is -0.113. The summed E-state index contributed by atoms with van der Waals surface area (Å²) in [5.74, 6) is 1.32. The number of rotatable bonds is 8. The van der Waals surface area contributed by atoms with Gasteiger partial charge < -0.3 is 15.0 Å². The lowest BCUT2D eigenvalue weighted by Crippen LogP contribution is -2.48. The Morgan fingerprint density at radius 2 is 1.79 bits per heavy atom. The normalized spacial score (nSPS) is 19.3.